The second-order valence-electron chi connectivity index (χ2n) is 5.49. The summed E-state index contributed by atoms with van der Waals surface area (Å²) in [6, 6.07) is 7.67. The second kappa shape index (κ2) is 6.67. The van der Waals surface area contributed by atoms with Gasteiger partial charge in [0.2, 0.25) is 0 Å². The Kier molecular flexibility index (Phi) is 4.45. The fourth-order valence-electron chi connectivity index (χ4n) is 2.48. The number of rotatable bonds is 4. The topological polar surface area (TPSA) is 73.4 Å². The van der Waals surface area contributed by atoms with E-state index in [9.17, 15) is 4.79 Å². The number of para-hydroxylation sites is 1. The maximum Gasteiger partial charge on any atom is 0.252 e. The van der Waals surface area contributed by atoms with Crippen molar-refractivity contribution in [2.75, 3.05) is 45.2 Å². The summed E-state index contributed by atoms with van der Waals surface area (Å²) in [7, 11) is 2.10. The Morgan fingerprint density at radius 3 is 2.77 bits per heavy atom. The standard InChI is InChI=1S/C15H20N6O/c1-20-6-8-21(9-7-20)10-14(22)18-19-15-12-4-2-3-5-13(12)16-11-17-15/h2-5,11H,6-10H2,1H3,(H,18,22)(H,16,17,19). The SMILES string of the molecule is CN1CCN(CC(=O)NNc2ncnc3ccccc23)CC1. The molecular formula is C15H20N6O. The number of amides is 1. The average Bonchev–Trinajstić information content (AvgIpc) is 2.55. The summed E-state index contributed by atoms with van der Waals surface area (Å²) in [5.74, 6) is 0.546. The smallest absolute Gasteiger partial charge is 0.252 e. The van der Waals surface area contributed by atoms with E-state index in [-0.39, 0.29) is 5.91 Å². The minimum atomic E-state index is -0.0627. The lowest BCUT2D eigenvalue weighted by molar-refractivity contribution is -0.122. The molecule has 0 spiro atoms. The third-order valence-corrected chi connectivity index (χ3v) is 3.83. The molecule has 1 amide bonds. The minimum Gasteiger partial charge on any atom is -0.304 e. The normalized spacial score (nSPS) is 16.6. The number of hydrogen-bond acceptors (Lipinski definition) is 6. The molecule has 2 N–H and O–H groups in total. The predicted molar refractivity (Wildman–Crippen MR) is 85.2 cm³/mol. The highest BCUT2D eigenvalue weighted by Gasteiger charge is 2.16. The molecule has 1 fully saturated rings. The van der Waals surface area contributed by atoms with E-state index in [1.54, 1.807) is 0 Å². The van der Waals surface area contributed by atoms with Gasteiger partial charge in [-0.2, -0.15) is 0 Å². The number of carbonyl (C=O) groups excluding carboxylic acids is 1. The number of carbonyl (C=O) groups is 1. The lowest BCUT2D eigenvalue weighted by Gasteiger charge is -2.31. The van der Waals surface area contributed by atoms with Gasteiger partial charge in [-0.3, -0.25) is 20.5 Å². The predicted octanol–water partition coefficient (Wildman–Crippen LogP) is 0.320. The molecule has 0 radical (unpaired) electrons. The molecule has 1 aliphatic rings. The van der Waals surface area contributed by atoms with Crippen molar-refractivity contribution in [1.29, 1.82) is 0 Å². The Hall–Kier alpha value is -2.25. The number of hydrazine groups is 1. The van der Waals surface area contributed by atoms with Gasteiger partial charge in [0.25, 0.3) is 5.91 Å². The van der Waals surface area contributed by atoms with Gasteiger partial charge in [-0.05, 0) is 19.2 Å². The summed E-state index contributed by atoms with van der Waals surface area (Å²) >= 11 is 0. The monoisotopic (exact) mass is 300 g/mol. The van der Waals surface area contributed by atoms with Crippen LogP contribution in [0, 0.1) is 0 Å². The van der Waals surface area contributed by atoms with Crippen LogP contribution in [0.15, 0.2) is 30.6 Å². The molecule has 1 aromatic carbocycles. The number of nitrogens with zero attached hydrogens (tertiary/aromatic N) is 4. The van der Waals surface area contributed by atoms with Crippen LogP contribution in [0.5, 0.6) is 0 Å². The van der Waals surface area contributed by atoms with Gasteiger partial charge >= 0.3 is 0 Å². The average molecular weight is 300 g/mol. The first-order valence-electron chi connectivity index (χ1n) is 7.38. The van der Waals surface area contributed by atoms with Crippen molar-refractivity contribution in [1.82, 2.24) is 25.2 Å². The van der Waals surface area contributed by atoms with Gasteiger partial charge in [0.1, 0.15) is 6.33 Å². The van der Waals surface area contributed by atoms with Gasteiger partial charge in [-0.1, -0.05) is 12.1 Å². The molecule has 0 saturated carbocycles. The summed E-state index contributed by atoms with van der Waals surface area (Å²) in [6.45, 7) is 4.22. The molecule has 0 aliphatic carbocycles. The van der Waals surface area contributed by atoms with Gasteiger partial charge in [-0.25, -0.2) is 9.97 Å². The largest absolute Gasteiger partial charge is 0.304 e. The molecule has 0 unspecified atom stereocenters. The zero-order valence-corrected chi connectivity index (χ0v) is 12.6. The molecule has 3 rings (SSSR count). The number of benzene rings is 1. The molecule has 0 bridgehead atoms. The lowest BCUT2D eigenvalue weighted by Crippen LogP contribution is -2.48. The van der Waals surface area contributed by atoms with Gasteiger partial charge in [0, 0.05) is 31.6 Å². The fraction of sp³-hybridized carbons (Fsp3) is 0.400. The maximum absolute atomic E-state index is 12.0. The van der Waals surface area contributed by atoms with E-state index in [0.29, 0.717) is 12.4 Å². The molecule has 2 aromatic rings. The van der Waals surface area contributed by atoms with Gasteiger partial charge in [-0.15, -0.1) is 0 Å². The van der Waals surface area contributed by atoms with E-state index in [1.165, 1.54) is 6.33 Å². The molecule has 0 atom stereocenters. The highest BCUT2D eigenvalue weighted by atomic mass is 16.2. The van der Waals surface area contributed by atoms with Crippen molar-refractivity contribution >= 4 is 22.6 Å². The Morgan fingerprint density at radius 2 is 1.95 bits per heavy atom. The Bertz CT molecular complexity index is 648. The van der Waals surface area contributed by atoms with Crippen molar-refractivity contribution in [3.05, 3.63) is 30.6 Å². The van der Waals surface area contributed by atoms with Crippen LogP contribution in [0.4, 0.5) is 5.82 Å². The summed E-state index contributed by atoms with van der Waals surface area (Å²) in [6.07, 6.45) is 1.48. The minimum absolute atomic E-state index is 0.0627. The Balaban J connectivity index is 1.56. The number of hydrogen-bond donors (Lipinski definition) is 2. The number of nitrogens with one attached hydrogen (secondary N) is 2. The van der Waals surface area contributed by atoms with Crippen LogP contribution in [-0.4, -0.2) is 65.4 Å². The van der Waals surface area contributed by atoms with Gasteiger partial charge in [0.05, 0.1) is 12.1 Å². The van der Waals surface area contributed by atoms with E-state index in [0.717, 1.165) is 37.1 Å². The van der Waals surface area contributed by atoms with Gasteiger partial charge < -0.3 is 4.90 Å². The summed E-state index contributed by atoms with van der Waals surface area (Å²) in [5.41, 5.74) is 6.45. The Labute approximate surface area is 129 Å². The van der Waals surface area contributed by atoms with Crippen LogP contribution in [0.3, 0.4) is 0 Å². The molecule has 7 nitrogen and oxygen atoms in total. The third-order valence-electron chi connectivity index (χ3n) is 3.83. The quantitative estimate of drug-likeness (QED) is 0.792. The summed E-state index contributed by atoms with van der Waals surface area (Å²) in [5, 5.41) is 0.880. The third kappa shape index (κ3) is 3.49. The molecule has 1 saturated heterocycles. The number of anilines is 1. The van der Waals surface area contributed by atoms with Crippen molar-refractivity contribution in [3.8, 4) is 0 Å². The maximum atomic E-state index is 12.0. The number of likely N-dealkylation sites (N-methyl/N-ethyl adjacent to an activating group) is 1. The molecule has 7 heteroatoms. The van der Waals surface area contributed by atoms with Crippen molar-refractivity contribution in [2.24, 2.45) is 0 Å². The highest BCUT2D eigenvalue weighted by molar-refractivity contribution is 5.89. The van der Waals surface area contributed by atoms with Crippen LogP contribution in [0.25, 0.3) is 10.9 Å². The summed E-state index contributed by atoms with van der Waals surface area (Å²) < 4.78 is 0. The van der Waals surface area contributed by atoms with Crippen LogP contribution in [0.1, 0.15) is 0 Å². The first-order chi connectivity index (χ1) is 10.7. The van der Waals surface area contributed by atoms with Crippen molar-refractivity contribution < 1.29 is 4.79 Å². The first-order valence-corrected chi connectivity index (χ1v) is 7.38. The molecular weight excluding hydrogens is 280 g/mol. The van der Waals surface area contributed by atoms with Crippen LogP contribution in [0.2, 0.25) is 0 Å². The van der Waals surface area contributed by atoms with E-state index in [2.05, 4.69) is 37.7 Å². The van der Waals surface area contributed by atoms with Crippen LogP contribution in [-0.2, 0) is 4.79 Å². The van der Waals surface area contributed by atoms with E-state index >= 15 is 0 Å². The highest BCUT2D eigenvalue weighted by Crippen LogP contribution is 2.17. The number of fused-ring (bicyclic) bond motifs is 1. The molecule has 22 heavy (non-hydrogen) atoms. The van der Waals surface area contributed by atoms with Gasteiger partial charge in [0.15, 0.2) is 5.82 Å². The van der Waals surface area contributed by atoms with Crippen LogP contribution < -0.4 is 10.9 Å². The number of piperazine rings is 1. The first kappa shape index (κ1) is 14.7. The van der Waals surface area contributed by atoms with Crippen LogP contribution >= 0.6 is 0 Å². The fourth-order valence-corrected chi connectivity index (χ4v) is 2.48. The zero-order valence-electron chi connectivity index (χ0n) is 12.6. The lowest BCUT2D eigenvalue weighted by atomic mass is 10.2. The molecule has 2 heterocycles. The Morgan fingerprint density at radius 1 is 1.18 bits per heavy atom. The second-order valence-corrected chi connectivity index (χ2v) is 5.49. The number of aromatic nitrogens is 2. The van der Waals surface area contributed by atoms with Crippen molar-refractivity contribution in [2.45, 2.75) is 0 Å². The molecule has 1 aromatic heterocycles. The molecule has 116 valence electrons. The van der Waals surface area contributed by atoms with E-state index in [1.807, 2.05) is 24.3 Å². The zero-order chi connectivity index (χ0) is 15.4. The van der Waals surface area contributed by atoms with Crippen molar-refractivity contribution in [3.63, 3.8) is 0 Å². The van der Waals surface area contributed by atoms with E-state index < -0.39 is 0 Å². The van der Waals surface area contributed by atoms with E-state index in [4.69, 9.17) is 0 Å². The molecule has 1 aliphatic heterocycles. The summed E-state index contributed by atoms with van der Waals surface area (Å²) in [4.78, 5) is 24.8.